The minimum atomic E-state index is 0.745. The maximum absolute atomic E-state index is 5.25. The molecule has 0 aromatic rings. The lowest BCUT2D eigenvalue weighted by Gasteiger charge is -2.18. The normalized spacial score (nSPS) is 14.1. The van der Waals surface area contributed by atoms with Crippen molar-refractivity contribution < 1.29 is 0 Å². The molecule has 0 saturated carbocycles. The van der Waals surface area contributed by atoms with Crippen molar-refractivity contribution in [3.05, 3.63) is 0 Å². The number of hydrazine groups is 1. The van der Waals surface area contributed by atoms with Gasteiger partial charge < -0.3 is 0 Å². The van der Waals surface area contributed by atoms with Gasteiger partial charge in [0.15, 0.2) is 0 Å². The Balaban J connectivity index is 3.50. The van der Waals surface area contributed by atoms with Gasteiger partial charge in [0.25, 0.3) is 0 Å². The van der Waals surface area contributed by atoms with E-state index >= 15 is 0 Å². The maximum atomic E-state index is 5.25. The fourth-order valence-corrected chi connectivity index (χ4v) is 1.19. The van der Waals surface area contributed by atoms with Crippen molar-refractivity contribution in [2.24, 2.45) is 17.7 Å². The van der Waals surface area contributed by atoms with E-state index in [1.807, 2.05) is 0 Å². The van der Waals surface area contributed by atoms with E-state index in [1.54, 1.807) is 0 Å². The lowest BCUT2D eigenvalue weighted by atomic mass is 9.92. The molecule has 2 heteroatoms. The van der Waals surface area contributed by atoms with Gasteiger partial charge in [-0.05, 0) is 18.3 Å². The summed E-state index contributed by atoms with van der Waals surface area (Å²) >= 11 is 0. The minimum Gasteiger partial charge on any atom is -0.271 e. The molecule has 0 bridgehead atoms. The molecule has 0 aliphatic heterocycles. The van der Waals surface area contributed by atoms with Gasteiger partial charge in [0, 0.05) is 6.54 Å². The highest BCUT2D eigenvalue weighted by molar-refractivity contribution is 4.63. The van der Waals surface area contributed by atoms with Gasteiger partial charge in [-0.2, -0.15) is 0 Å². The van der Waals surface area contributed by atoms with Gasteiger partial charge in [0.05, 0.1) is 0 Å². The Morgan fingerprint density at radius 1 is 1.40 bits per heavy atom. The van der Waals surface area contributed by atoms with Crippen LogP contribution >= 0.6 is 0 Å². The van der Waals surface area contributed by atoms with Crippen LogP contribution in [0.15, 0.2) is 0 Å². The molecule has 0 unspecified atom stereocenters. The zero-order chi connectivity index (χ0) is 7.98. The number of hydrogen-bond acceptors (Lipinski definition) is 2. The summed E-state index contributed by atoms with van der Waals surface area (Å²) in [6.45, 7) is 7.66. The topological polar surface area (TPSA) is 38.0 Å². The van der Waals surface area contributed by atoms with Gasteiger partial charge in [-0.15, -0.1) is 0 Å². The van der Waals surface area contributed by atoms with Crippen molar-refractivity contribution in [2.75, 3.05) is 6.54 Å². The van der Waals surface area contributed by atoms with Gasteiger partial charge in [-0.25, -0.2) is 0 Å². The quantitative estimate of drug-likeness (QED) is 0.453. The van der Waals surface area contributed by atoms with Crippen LogP contribution < -0.4 is 11.3 Å². The lowest BCUT2D eigenvalue weighted by molar-refractivity contribution is 0.340. The molecular formula is C8H20N2. The Kier molecular flexibility index (Phi) is 5.64. The monoisotopic (exact) mass is 144 g/mol. The lowest BCUT2D eigenvalue weighted by Crippen LogP contribution is -2.31. The molecule has 1 atom stereocenters. The first-order valence-corrected chi connectivity index (χ1v) is 4.15. The first kappa shape index (κ1) is 9.92. The first-order valence-electron chi connectivity index (χ1n) is 4.15. The van der Waals surface area contributed by atoms with E-state index < -0.39 is 0 Å². The third-order valence-corrected chi connectivity index (χ3v) is 1.98. The van der Waals surface area contributed by atoms with Crippen molar-refractivity contribution >= 4 is 0 Å². The van der Waals surface area contributed by atoms with E-state index in [1.165, 1.54) is 12.8 Å². The van der Waals surface area contributed by atoms with Crippen LogP contribution in [0.1, 0.15) is 33.6 Å². The smallest absolute Gasteiger partial charge is 0.0128 e. The molecule has 0 heterocycles. The summed E-state index contributed by atoms with van der Waals surface area (Å²) in [4.78, 5) is 0. The van der Waals surface area contributed by atoms with Crippen LogP contribution in [-0.4, -0.2) is 6.54 Å². The highest BCUT2D eigenvalue weighted by atomic mass is 15.2. The fraction of sp³-hybridized carbons (Fsp3) is 1.00. The van der Waals surface area contributed by atoms with Gasteiger partial charge in [0.1, 0.15) is 0 Å². The van der Waals surface area contributed by atoms with E-state index in [4.69, 9.17) is 5.84 Å². The third kappa shape index (κ3) is 3.85. The predicted octanol–water partition coefficient (Wildman–Crippen LogP) is 1.52. The van der Waals surface area contributed by atoms with Crippen LogP contribution in [0.5, 0.6) is 0 Å². The molecule has 0 radical (unpaired) electrons. The second-order valence-electron chi connectivity index (χ2n) is 3.20. The molecule has 2 nitrogen and oxygen atoms in total. The number of nitrogens with two attached hydrogens (primary N) is 1. The third-order valence-electron chi connectivity index (χ3n) is 1.98. The number of nitrogens with one attached hydrogen (secondary N) is 1. The molecule has 0 fully saturated rings. The molecule has 0 saturated heterocycles. The average molecular weight is 144 g/mol. The molecule has 0 aliphatic carbocycles. The SMILES string of the molecule is CCC[C@H](CNN)C(C)C. The van der Waals surface area contributed by atoms with E-state index in [0.717, 1.165) is 18.4 Å². The zero-order valence-electron chi connectivity index (χ0n) is 7.35. The van der Waals surface area contributed by atoms with E-state index in [2.05, 4.69) is 26.2 Å². The highest BCUT2D eigenvalue weighted by Crippen LogP contribution is 2.15. The van der Waals surface area contributed by atoms with E-state index in [-0.39, 0.29) is 0 Å². The number of rotatable bonds is 5. The van der Waals surface area contributed by atoms with Crippen molar-refractivity contribution in [3.8, 4) is 0 Å². The van der Waals surface area contributed by atoms with Crippen LogP contribution in [0.3, 0.4) is 0 Å². The van der Waals surface area contributed by atoms with Crippen molar-refractivity contribution in [1.82, 2.24) is 5.43 Å². The molecule has 0 aliphatic rings. The molecular weight excluding hydrogens is 124 g/mol. The summed E-state index contributed by atoms with van der Waals surface area (Å²) in [6, 6.07) is 0. The Labute approximate surface area is 64.2 Å². The molecule has 10 heavy (non-hydrogen) atoms. The van der Waals surface area contributed by atoms with Gasteiger partial charge in [0.2, 0.25) is 0 Å². The summed E-state index contributed by atoms with van der Waals surface area (Å²) in [7, 11) is 0. The zero-order valence-corrected chi connectivity index (χ0v) is 7.35. The molecule has 3 N–H and O–H groups in total. The summed E-state index contributed by atoms with van der Waals surface area (Å²) in [5.41, 5.74) is 2.73. The van der Waals surface area contributed by atoms with Gasteiger partial charge >= 0.3 is 0 Å². The Morgan fingerprint density at radius 2 is 2.00 bits per heavy atom. The average Bonchev–Trinajstić information content (AvgIpc) is 1.87. The first-order chi connectivity index (χ1) is 4.72. The summed E-state index contributed by atoms with van der Waals surface area (Å²) < 4.78 is 0. The van der Waals surface area contributed by atoms with Crippen LogP contribution in [0.4, 0.5) is 0 Å². The van der Waals surface area contributed by atoms with Crippen molar-refractivity contribution in [1.29, 1.82) is 0 Å². The van der Waals surface area contributed by atoms with Crippen molar-refractivity contribution in [3.63, 3.8) is 0 Å². The fourth-order valence-electron chi connectivity index (χ4n) is 1.19. The summed E-state index contributed by atoms with van der Waals surface area (Å²) in [5.74, 6) is 6.74. The van der Waals surface area contributed by atoms with E-state index in [0.29, 0.717) is 0 Å². The predicted molar refractivity (Wildman–Crippen MR) is 45.4 cm³/mol. The Morgan fingerprint density at radius 3 is 2.30 bits per heavy atom. The summed E-state index contributed by atoms with van der Waals surface area (Å²) in [5, 5.41) is 0. The van der Waals surface area contributed by atoms with Crippen LogP contribution in [0.25, 0.3) is 0 Å². The maximum Gasteiger partial charge on any atom is 0.0128 e. The van der Waals surface area contributed by atoms with Crippen LogP contribution in [0, 0.1) is 11.8 Å². The molecule has 0 aromatic carbocycles. The molecule has 0 rings (SSSR count). The Bertz CT molecular complexity index is 65.7. The van der Waals surface area contributed by atoms with Crippen LogP contribution in [0.2, 0.25) is 0 Å². The molecule has 62 valence electrons. The van der Waals surface area contributed by atoms with Gasteiger partial charge in [-0.3, -0.25) is 11.3 Å². The largest absolute Gasteiger partial charge is 0.271 e. The summed E-state index contributed by atoms with van der Waals surface area (Å²) in [6.07, 6.45) is 2.53. The Hall–Kier alpha value is -0.0800. The molecule has 0 aromatic heterocycles. The van der Waals surface area contributed by atoms with Crippen LogP contribution in [-0.2, 0) is 0 Å². The minimum absolute atomic E-state index is 0.745. The highest BCUT2D eigenvalue weighted by Gasteiger charge is 2.10. The number of hydrogen-bond donors (Lipinski definition) is 2. The second kappa shape index (κ2) is 5.69. The molecule has 0 spiro atoms. The standard InChI is InChI=1S/C8H20N2/c1-4-5-8(6-10-9)7(2)3/h7-8,10H,4-6,9H2,1-3H3/t8-/m1/s1. The second-order valence-corrected chi connectivity index (χ2v) is 3.20. The van der Waals surface area contributed by atoms with E-state index in [9.17, 15) is 0 Å². The molecule has 0 amide bonds. The van der Waals surface area contributed by atoms with Gasteiger partial charge in [-0.1, -0.05) is 27.2 Å². The van der Waals surface area contributed by atoms with Crippen molar-refractivity contribution in [2.45, 2.75) is 33.6 Å².